The average molecular weight is 397 g/mol. The highest BCUT2D eigenvalue weighted by atomic mass is 16.5. The van der Waals surface area contributed by atoms with Crippen LogP contribution in [-0.4, -0.2) is 52.4 Å². The van der Waals surface area contributed by atoms with E-state index in [0.29, 0.717) is 22.8 Å². The second-order valence-corrected chi connectivity index (χ2v) is 6.63. The fourth-order valence-electron chi connectivity index (χ4n) is 3.25. The maximum atomic E-state index is 13.0. The summed E-state index contributed by atoms with van der Waals surface area (Å²) in [7, 11) is 4.88. The molecule has 3 aromatic rings. The first kappa shape index (κ1) is 20.2. The minimum atomic E-state index is -1.08. The van der Waals surface area contributed by atoms with Gasteiger partial charge in [0.25, 0.3) is 0 Å². The van der Waals surface area contributed by atoms with E-state index in [-0.39, 0.29) is 18.9 Å². The average Bonchev–Trinajstić information content (AvgIpc) is 3.02. The van der Waals surface area contributed by atoms with Gasteiger partial charge < -0.3 is 19.5 Å². The third-order valence-corrected chi connectivity index (χ3v) is 4.62. The number of hydrogen-bond acceptors (Lipinski definition) is 5. The Labute approximate surface area is 168 Å². The predicted molar refractivity (Wildman–Crippen MR) is 107 cm³/mol. The number of carbonyl (C=O) groups excluding carboxylic acids is 1. The van der Waals surface area contributed by atoms with Gasteiger partial charge in [-0.25, -0.2) is 0 Å². The minimum Gasteiger partial charge on any atom is -0.497 e. The van der Waals surface area contributed by atoms with E-state index in [1.807, 2.05) is 31.3 Å². The van der Waals surface area contributed by atoms with Crippen LogP contribution in [0.15, 0.2) is 42.5 Å². The molecule has 0 unspecified atom stereocenters. The van der Waals surface area contributed by atoms with Gasteiger partial charge in [0.15, 0.2) is 0 Å². The molecule has 0 aliphatic heterocycles. The molecule has 1 N–H and O–H groups in total. The number of carboxylic acids is 1. The van der Waals surface area contributed by atoms with E-state index in [1.54, 1.807) is 22.9 Å². The van der Waals surface area contributed by atoms with Crippen LogP contribution >= 0.6 is 0 Å². The Balaban J connectivity index is 1.86. The molecule has 3 rings (SSSR count). The van der Waals surface area contributed by atoms with E-state index >= 15 is 0 Å². The molecular formula is C21H23N3O5. The number of carboxylic acid groups (broad SMARTS) is 1. The summed E-state index contributed by atoms with van der Waals surface area (Å²) in [5, 5.41) is 14.6. The molecule has 29 heavy (non-hydrogen) atoms. The monoisotopic (exact) mass is 397 g/mol. The lowest BCUT2D eigenvalue weighted by Gasteiger charge is -2.21. The summed E-state index contributed by atoms with van der Waals surface area (Å²) in [6.45, 7) is -0.299. The predicted octanol–water partition coefficient (Wildman–Crippen LogP) is 2.25. The molecule has 0 aliphatic rings. The molecule has 0 bridgehead atoms. The normalized spacial score (nSPS) is 10.7. The molecule has 0 atom stereocenters. The smallest absolute Gasteiger partial charge is 0.323 e. The van der Waals surface area contributed by atoms with Crippen molar-refractivity contribution in [3.63, 3.8) is 0 Å². The second kappa shape index (κ2) is 8.64. The van der Waals surface area contributed by atoms with Gasteiger partial charge in [0.2, 0.25) is 5.91 Å². The van der Waals surface area contributed by atoms with Gasteiger partial charge in [0.05, 0.1) is 31.9 Å². The molecular weight excluding hydrogens is 374 g/mol. The van der Waals surface area contributed by atoms with Gasteiger partial charge in [-0.15, -0.1) is 0 Å². The van der Waals surface area contributed by atoms with Crippen molar-refractivity contribution in [2.75, 3.05) is 20.8 Å². The lowest BCUT2D eigenvalue weighted by atomic mass is 10.1. The Morgan fingerprint density at radius 2 is 1.76 bits per heavy atom. The third kappa shape index (κ3) is 4.66. The summed E-state index contributed by atoms with van der Waals surface area (Å²) in [6, 6.07) is 12.8. The van der Waals surface area contributed by atoms with Crippen molar-refractivity contribution in [1.82, 2.24) is 14.7 Å². The topological polar surface area (TPSA) is 93.9 Å². The molecule has 1 heterocycles. The molecule has 8 heteroatoms. The first-order valence-electron chi connectivity index (χ1n) is 9.03. The van der Waals surface area contributed by atoms with Crippen molar-refractivity contribution in [1.29, 1.82) is 0 Å². The Morgan fingerprint density at radius 3 is 2.38 bits per heavy atom. The summed E-state index contributed by atoms with van der Waals surface area (Å²) >= 11 is 0. The van der Waals surface area contributed by atoms with E-state index < -0.39 is 12.5 Å². The highest BCUT2D eigenvalue weighted by molar-refractivity contribution is 5.89. The van der Waals surface area contributed by atoms with E-state index in [1.165, 1.54) is 19.1 Å². The number of benzene rings is 2. The Morgan fingerprint density at radius 1 is 1.10 bits per heavy atom. The van der Waals surface area contributed by atoms with Crippen LogP contribution in [-0.2, 0) is 29.6 Å². The van der Waals surface area contributed by atoms with Crippen molar-refractivity contribution >= 4 is 22.8 Å². The van der Waals surface area contributed by atoms with E-state index in [4.69, 9.17) is 9.47 Å². The van der Waals surface area contributed by atoms with Gasteiger partial charge in [-0.2, -0.15) is 5.10 Å². The van der Waals surface area contributed by atoms with E-state index in [0.717, 1.165) is 10.9 Å². The first-order chi connectivity index (χ1) is 13.9. The van der Waals surface area contributed by atoms with Crippen LogP contribution in [0.3, 0.4) is 0 Å². The Hall–Kier alpha value is -3.55. The fraction of sp³-hybridized carbons (Fsp3) is 0.286. The van der Waals surface area contributed by atoms with Crippen LogP contribution in [0, 0.1) is 0 Å². The number of ether oxygens (including phenoxy) is 2. The molecule has 0 spiro atoms. The van der Waals surface area contributed by atoms with Crippen LogP contribution in [0.1, 0.15) is 11.3 Å². The van der Waals surface area contributed by atoms with Gasteiger partial charge in [0.1, 0.15) is 18.0 Å². The molecule has 1 amide bonds. The molecule has 8 nitrogen and oxygen atoms in total. The summed E-state index contributed by atoms with van der Waals surface area (Å²) in [5.74, 6) is -0.271. The van der Waals surface area contributed by atoms with Gasteiger partial charge in [-0.3, -0.25) is 14.3 Å². The Bertz CT molecular complexity index is 1020. The molecule has 0 aliphatic carbocycles. The second-order valence-electron chi connectivity index (χ2n) is 6.63. The van der Waals surface area contributed by atoms with Crippen LogP contribution in [0.4, 0.5) is 0 Å². The van der Waals surface area contributed by atoms with Gasteiger partial charge >= 0.3 is 5.97 Å². The maximum absolute atomic E-state index is 13.0. The maximum Gasteiger partial charge on any atom is 0.323 e. The molecule has 0 fully saturated rings. The number of methoxy groups -OCH3 is 2. The number of fused-ring (bicyclic) bond motifs is 1. The van der Waals surface area contributed by atoms with E-state index in [9.17, 15) is 14.7 Å². The largest absolute Gasteiger partial charge is 0.497 e. The zero-order valence-corrected chi connectivity index (χ0v) is 16.6. The molecule has 152 valence electrons. The highest BCUT2D eigenvalue weighted by Crippen LogP contribution is 2.24. The third-order valence-electron chi connectivity index (χ3n) is 4.62. The van der Waals surface area contributed by atoms with Crippen molar-refractivity contribution < 1.29 is 24.2 Å². The standard InChI is InChI=1S/C21H23N3O5/c1-23-19-7-5-4-6-17(19)18(22-23)11-20(25)24(13-21(26)27)12-14-8-15(28-2)10-16(9-14)29-3/h4-10H,11-13H2,1-3H3,(H,26,27). The number of aryl methyl sites for hydroxylation is 1. The number of rotatable bonds is 8. The van der Waals surface area contributed by atoms with Crippen molar-refractivity contribution in [3.05, 3.63) is 53.7 Å². The number of amides is 1. The number of aliphatic carboxylic acids is 1. The number of para-hydroxylation sites is 1. The Kier molecular flexibility index (Phi) is 6.01. The minimum absolute atomic E-state index is 0.00966. The lowest BCUT2D eigenvalue weighted by molar-refractivity contribution is -0.144. The van der Waals surface area contributed by atoms with Gasteiger partial charge in [0, 0.05) is 25.0 Å². The summed E-state index contributed by atoms with van der Waals surface area (Å²) < 4.78 is 12.2. The van der Waals surface area contributed by atoms with E-state index in [2.05, 4.69) is 5.10 Å². The quantitative estimate of drug-likeness (QED) is 0.627. The van der Waals surface area contributed by atoms with Crippen LogP contribution in [0.2, 0.25) is 0 Å². The zero-order valence-electron chi connectivity index (χ0n) is 16.6. The van der Waals surface area contributed by atoms with Crippen LogP contribution in [0.25, 0.3) is 10.9 Å². The molecule has 1 aromatic heterocycles. The number of nitrogens with zero attached hydrogens (tertiary/aromatic N) is 3. The number of aromatic nitrogens is 2. The zero-order chi connectivity index (χ0) is 21.0. The summed E-state index contributed by atoms with van der Waals surface area (Å²) in [4.78, 5) is 25.6. The van der Waals surface area contributed by atoms with Crippen molar-refractivity contribution in [2.45, 2.75) is 13.0 Å². The van der Waals surface area contributed by atoms with Crippen LogP contribution < -0.4 is 9.47 Å². The fourth-order valence-corrected chi connectivity index (χ4v) is 3.25. The van der Waals surface area contributed by atoms with Gasteiger partial charge in [-0.1, -0.05) is 18.2 Å². The summed E-state index contributed by atoms with van der Waals surface area (Å²) in [6.07, 6.45) is 0.00966. The SMILES string of the molecule is COc1cc(CN(CC(=O)O)C(=O)Cc2nn(C)c3ccccc23)cc(OC)c1. The molecule has 2 aromatic carbocycles. The van der Waals surface area contributed by atoms with Crippen molar-refractivity contribution in [3.8, 4) is 11.5 Å². The number of hydrogen-bond donors (Lipinski definition) is 1. The first-order valence-corrected chi connectivity index (χ1v) is 9.03. The lowest BCUT2D eigenvalue weighted by Crippen LogP contribution is -2.36. The van der Waals surface area contributed by atoms with Crippen LogP contribution in [0.5, 0.6) is 11.5 Å². The number of carbonyl (C=O) groups is 2. The highest BCUT2D eigenvalue weighted by Gasteiger charge is 2.21. The van der Waals surface area contributed by atoms with Gasteiger partial charge in [-0.05, 0) is 23.8 Å². The molecule has 0 radical (unpaired) electrons. The summed E-state index contributed by atoms with van der Waals surface area (Å²) in [5.41, 5.74) is 2.24. The van der Waals surface area contributed by atoms with Crippen molar-refractivity contribution in [2.24, 2.45) is 7.05 Å². The molecule has 0 saturated carbocycles. The molecule has 0 saturated heterocycles.